The number of aromatic nitrogens is 2. The summed E-state index contributed by atoms with van der Waals surface area (Å²) in [6, 6.07) is 10.7. The standard InChI is InChI=1S/C23H22F2N4O/c1-15(14-28-16(2)20-5-3-4-6-21(20)27-28)7-8-23(30)29-22(9-10-26-29)17-11-18(24)13-19(25)12-17/h3-6,10-13,22H,1,7-9,14H2,2H3. The van der Waals surface area contributed by atoms with Gasteiger partial charge in [-0.25, -0.2) is 13.8 Å². The Bertz CT molecular complexity index is 1130. The lowest BCUT2D eigenvalue weighted by atomic mass is 10.0. The molecule has 1 aliphatic rings. The Labute approximate surface area is 173 Å². The van der Waals surface area contributed by atoms with Gasteiger partial charge in [-0.05, 0) is 37.1 Å². The van der Waals surface area contributed by atoms with E-state index < -0.39 is 17.7 Å². The van der Waals surface area contributed by atoms with Gasteiger partial charge in [0.25, 0.3) is 0 Å². The summed E-state index contributed by atoms with van der Waals surface area (Å²) in [6.07, 6.45) is 2.71. The molecule has 5 nitrogen and oxygen atoms in total. The van der Waals surface area contributed by atoms with Crippen LogP contribution in [-0.4, -0.2) is 26.9 Å². The monoisotopic (exact) mass is 408 g/mol. The number of aryl methyl sites for hydroxylation is 1. The van der Waals surface area contributed by atoms with E-state index in [1.54, 1.807) is 6.21 Å². The second kappa shape index (κ2) is 8.18. The van der Waals surface area contributed by atoms with Crippen molar-refractivity contribution in [3.63, 3.8) is 0 Å². The Kier molecular flexibility index (Phi) is 5.44. The summed E-state index contributed by atoms with van der Waals surface area (Å²) >= 11 is 0. The number of hydrogen-bond acceptors (Lipinski definition) is 3. The van der Waals surface area contributed by atoms with Crippen molar-refractivity contribution in [2.24, 2.45) is 5.10 Å². The van der Waals surface area contributed by atoms with Gasteiger partial charge in [-0.15, -0.1) is 0 Å². The van der Waals surface area contributed by atoms with Crippen LogP contribution in [0.4, 0.5) is 8.78 Å². The van der Waals surface area contributed by atoms with Crippen LogP contribution in [0.15, 0.2) is 59.7 Å². The Morgan fingerprint density at radius 3 is 2.63 bits per heavy atom. The van der Waals surface area contributed by atoms with Crippen molar-refractivity contribution < 1.29 is 13.6 Å². The molecule has 1 aromatic heterocycles. The molecule has 1 amide bonds. The number of hydrogen-bond donors (Lipinski definition) is 0. The lowest BCUT2D eigenvalue weighted by Gasteiger charge is -2.22. The molecule has 0 radical (unpaired) electrons. The van der Waals surface area contributed by atoms with Crippen molar-refractivity contribution in [2.45, 2.75) is 38.8 Å². The fourth-order valence-corrected chi connectivity index (χ4v) is 3.75. The molecular weight excluding hydrogens is 386 g/mol. The first kappa shape index (κ1) is 19.9. The molecule has 1 aliphatic heterocycles. The zero-order chi connectivity index (χ0) is 21.3. The van der Waals surface area contributed by atoms with Gasteiger partial charge in [0.05, 0.1) is 18.1 Å². The lowest BCUT2D eigenvalue weighted by Crippen LogP contribution is -2.27. The summed E-state index contributed by atoms with van der Waals surface area (Å²) in [6.45, 7) is 6.62. The molecule has 7 heteroatoms. The highest BCUT2D eigenvalue weighted by molar-refractivity contribution is 5.81. The van der Waals surface area contributed by atoms with Gasteiger partial charge in [0.1, 0.15) is 11.6 Å². The third-order valence-electron chi connectivity index (χ3n) is 5.33. The second-order valence-corrected chi connectivity index (χ2v) is 7.50. The molecule has 0 bridgehead atoms. The second-order valence-electron chi connectivity index (χ2n) is 7.50. The van der Waals surface area contributed by atoms with Crippen LogP contribution >= 0.6 is 0 Å². The molecule has 0 saturated carbocycles. The molecular formula is C23H22F2N4O. The maximum absolute atomic E-state index is 13.6. The highest BCUT2D eigenvalue weighted by Gasteiger charge is 2.28. The summed E-state index contributed by atoms with van der Waals surface area (Å²) in [7, 11) is 0. The fourth-order valence-electron chi connectivity index (χ4n) is 3.75. The zero-order valence-corrected chi connectivity index (χ0v) is 16.7. The van der Waals surface area contributed by atoms with Crippen molar-refractivity contribution in [2.75, 3.05) is 0 Å². The number of carbonyl (C=O) groups excluding carboxylic acids is 1. The lowest BCUT2D eigenvalue weighted by molar-refractivity contribution is -0.133. The minimum Gasteiger partial charge on any atom is -0.273 e. The first-order valence-electron chi connectivity index (χ1n) is 9.81. The number of carbonyl (C=O) groups is 1. The molecule has 4 rings (SSSR count). The van der Waals surface area contributed by atoms with Gasteiger partial charge in [0, 0.05) is 36.2 Å². The summed E-state index contributed by atoms with van der Waals surface area (Å²) in [5, 5.41) is 11.1. The van der Waals surface area contributed by atoms with Crippen LogP contribution in [0.2, 0.25) is 0 Å². The number of rotatable bonds is 6. The molecule has 30 heavy (non-hydrogen) atoms. The van der Waals surface area contributed by atoms with Gasteiger partial charge in [-0.2, -0.15) is 10.2 Å². The highest BCUT2D eigenvalue weighted by atomic mass is 19.1. The van der Waals surface area contributed by atoms with E-state index in [0.29, 0.717) is 24.9 Å². The van der Waals surface area contributed by atoms with Gasteiger partial charge < -0.3 is 0 Å². The van der Waals surface area contributed by atoms with Crippen LogP contribution in [0, 0.1) is 18.6 Å². The van der Waals surface area contributed by atoms with Gasteiger partial charge in [0.2, 0.25) is 5.91 Å². The van der Waals surface area contributed by atoms with Crippen LogP contribution < -0.4 is 0 Å². The number of allylic oxidation sites excluding steroid dienone is 1. The number of hydrazone groups is 1. The minimum atomic E-state index is -0.667. The third kappa shape index (κ3) is 4.01. The zero-order valence-electron chi connectivity index (χ0n) is 16.7. The molecule has 154 valence electrons. The van der Waals surface area contributed by atoms with Crippen LogP contribution in [-0.2, 0) is 11.3 Å². The number of nitrogens with zero attached hydrogens (tertiary/aromatic N) is 4. The van der Waals surface area contributed by atoms with Crippen LogP contribution in [0.3, 0.4) is 0 Å². The molecule has 0 N–H and O–H groups in total. The largest absolute Gasteiger partial charge is 0.273 e. The van der Waals surface area contributed by atoms with Gasteiger partial charge in [-0.1, -0.05) is 30.4 Å². The number of halogens is 2. The molecule has 0 spiro atoms. The molecule has 3 aromatic rings. The normalized spacial score (nSPS) is 15.8. The summed E-state index contributed by atoms with van der Waals surface area (Å²) in [5.74, 6) is -1.54. The smallest absolute Gasteiger partial charge is 0.243 e. The van der Waals surface area contributed by atoms with E-state index in [-0.39, 0.29) is 12.3 Å². The van der Waals surface area contributed by atoms with E-state index in [1.807, 2.05) is 35.9 Å². The molecule has 2 heterocycles. The summed E-state index contributed by atoms with van der Waals surface area (Å²) < 4.78 is 29.0. The Morgan fingerprint density at radius 1 is 1.17 bits per heavy atom. The molecule has 2 aromatic carbocycles. The summed E-state index contributed by atoms with van der Waals surface area (Å²) in [4.78, 5) is 12.7. The van der Waals surface area contributed by atoms with Gasteiger partial charge >= 0.3 is 0 Å². The van der Waals surface area contributed by atoms with Crippen molar-refractivity contribution >= 4 is 23.0 Å². The fraction of sp³-hybridized carbons (Fsp3) is 0.261. The molecule has 1 atom stereocenters. The average Bonchev–Trinajstić information content (AvgIpc) is 3.31. The topological polar surface area (TPSA) is 50.5 Å². The quantitative estimate of drug-likeness (QED) is 0.544. The van der Waals surface area contributed by atoms with Crippen LogP contribution in [0.1, 0.15) is 36.6 Å². The molecule has 0 aliphatic carbocycles. The van der Waals surface area contributed by atoms with E-state index >= 15 is 0 Å². The maximum Gasteiger partial charge on any atom is 0.243 e. The van der Waals surface area contributed by atoms with E-state index in [9.17, 15) is 13.6 Å². The van der Waals surface area contributed by atoms with E-state index in [2.05, 4.69) is 16.8 Å². The first-order chi connectivity index (χ1) is 14.4. The minimum absolute atomic E-state index is 0.207. The van der Waals surface area contributed by atoms with Crippen molar-refractivity contribution in [1.29, 1.82) is 0 Å². The van der Waals surface area contributed by atoms with Crippen molar-refractivity contribution in [3.05, 3.63) is 77.5 Å². The Morgan fingerprint density at radius 2 is 1.90 bits per heavy atom. The van der Waals surface area contributed by atoms with Crippen molar-refractivity contribution in [1.82, 2.24) is 14.8 Å². The number of fused-ring (bicyclic) bond motifs is 1. The number of amides is 1. The predicted octanol–water partition coefficient (Wildman–Crippen LogP) is 4.92. The SMILES string of the molecule is C=C(CCC(=O)N1N=CCC1c1cc(F)cc(F)c1)Cn1nc2ccccc2c1C. The van der Waals surface area contributed by atoms with E-state index in [1.165, 1.54) is 17.1 Å². The first-order valence-corrected chi connectivity index (χ1v) is 9.81. The average molecular weight is 408 g/mol. The Hall–Kier alpha value is -3.35. The number of benzene rings is 2. The van der Waals surface area contributed by atoms with E-state index in [0.717, 1.165) is 28.2 Å². The molecule has 0 saturated heterocycles. The maximum atomic E-state index is 13.6. The predicted molar refractivity (Wildman–Crippen MR) is 112 cm³/mol. The van der Waals surface area contributed by atoms with Gasteiger partial charge in [0.15, 0.2) is 0 Å². The molecule has 1 unspecified atom stereocenters. The van der Waals surface area contributed by atoms with Gasteiger partial charge in [-0.3, -0.25) is 9.48 Å². The molecule has 0 fully saturated rings. The van der Waals surface area contributed by atoms with Crippen LogP contribution in [0.25, 0.3) is 10.9 Å². The van der Waals surface area contributed by atoms with E-state index in [4.69, 9.17) is 0 Å². The van der Waals surface area contributed by atoms with Crippen molar-refractivity contribution in [3.8, 4) is 0 Å². The highest BCUT2D eigenvalue weighted by Crippen LogP contribution is 2.30. The third-order valence-corrected chi connectivity index (χ3v) is 5.33. The Balaban J connectivity index is 1.39. The summed E-state index contributed by atoms with van der Waals surface area (Å²) in [5.41, 5.74) is 3.25. The van der Waals surface area contributed by atoms with Crippen LogP contribution in [0.5, 0.6) is 0 Å².